The lowest BCUT2D eigenvalue weighted by atomic mass is 10.0. The fourth-order valence-electron chi connectivity index (χ4n) is 3.01. The highest BCUT2D eigenvalue weighted by Crippen LogP contribution is 2.32. The molecule has 23 heavy (non-hydrogen) atoms. The average molecular weight is 308 g/mol. The van der Waals surface area contributed by atoms with E-state index in [9.17, 15) is 9.90 Å². The molecule has 0 radical (unpaired) electrons. The van der Waals surface area contributed by atoms with Gasteiger partial charge in [0.25, 0.3) is 0 Å². The first kappa shape index (κ1) is 15.3. The van der Waals surface area contributed by atoms with Gasteiger partial charge in [0, 0.05) is 5.56 Å². The van der Waals surface area contributed by atoms with Gasteiger partial charge in [-0.1, -0.05) is 49.7 Å². The van der Waals surface area contributed by atoms with Gasteiger partial charge in [-0.15, -0.1) is 0 Å². The van der Waals surface area contributed by atoms with Crippen molar-refractivity contribution >= 4 is 17.0 Å². The van der Waals surface area contributed by atoms with Crippen molar-refractivity contribution in [1.82, 2.24) is 9.55 Å². The van der Waals surface area contributed by atoms with E-state index in [4.69, 9.17) is 4.98 Å². The minimum atomic E-state index is -0.836. The second kappa shape index (κ2) is 5.88. The number of aromatic nitrogens is 2. The largest absolute Gasteiger partial charge is 0.480 e. The third kappa shape index (κ3) is 2.72. The number of fused-ring (bicyclic) bond motifs is 1. The Morgan fingerprint density at radius 1 is 1.13 bits per heavy atom. The first-order valence-corrected chi connectivity index (χ1v) is 7.76. The lowest BCUT2D eigenvalue weighted by Crippen LogP contribution is -2.24. The van der Waals surface area contributed by atoms with Crippen LogP contribution in [0.1, 0.15) is 25.5 Å². The zero-order chi connectivity index (χ0) is 16.6. The third-order valence-corrected chi connectivity index (χ3v) is 4.03. The lowest BCUT2D eigenvalue weighted by molar-refractivity contribution is -0.142. The first-order valence-electron chi connectivity index (χ1n) is 7.76. The Bertz CT molecular complexity index is 865. The van der Waals surface area contributed by atoms with Gasteiger partial charge in [-0.3, -0.25) is 0 Å². The summed E-state index contributed by atoms with van der Waals surface area (Å²) in [6, 6.07) is 15.0. The number of imidazole rings is 1. The minimum absolute atomic E-state index is 0.0475. The Balaban J connectivity index is 2.33. The summed E-state index contributed by atoms with van der Waals surface area (Å²) in [5, 5.41) is 9.75. The molecule has 0 amide bonds. The molecule has 1 atom stereocenters. The summed E-state index contributed by atoms with van der Waals surface area (Å²) in [7, 11) is 0. The molecule has 3 aromatic rings. The van der Waals surface area contributed by atoms with Crippen LogP contribution in [-0.2, 0) is 4.79 Å². The molecular weight excluding hydrogens is 288 g/mol. The van der Waals surface area contributed by atoms with E-state index in [1.165, 1.54) is 0 Å². The van der Waals surface area contributed by atoms with Crippen LogP contribution in [0.3, 0.4) is 0 Å². The Morgan fingerprint density at radius 3 is 2.52 bits per heavy atom. The molecule has 1 N–H and O–H groups in total. The SMILES string of the molecule is Cc1cccc(-c2nc3ccccc3n2C(C(=O)O)C(C)C)c1. The van der Waals surface area contributed by atoms with Crippen molar-refractivity contribution in [3.63, 3.8) is 0 Å². The highest BCUT2D eigenvalue weighted by atomic mass is 16.4. The first-order chi connectivity index (χ1) is 11.0. The Hall–Kier alpha value is -2.62. The van der Waals surface area contributed by atoms with Gasteiger partial charge >= 0.3 is 5.97 Å². The summed E-state index contributed by atoms with van der Waals surface area (Å²) in [5.41, 5.74) is 3.73. The van der Waals surface area contributed by atoms with E-state index in [2.05, 4.69) is 0 Å². The minimum Gasteiger partial charge on any atom is -0.480 e. The van der Waals surface area contributed by atoms with E-state index in [1.54, 1.807) is 0 Å². The summed E-state index contributed by atoms with van der Waals surface area (Å²) in [6.45, 7) is 5.87. The maximum absolute atomic E-state index is 11.9. The van der Waals surface area contributed by atoms with Crippen LogP contribution in [0, 0.1) is 12.8 Å². The number of benzene rings is 2. The molecule has 0 saturated carbocycles. The molecule has 0 fully saturated rings. The monoisotopic (exact) mass is 308 g/mol. The zero-order valence-corrected chi connectivity index (χ0v) is 13.5. The van der Waals surface area contributed by atoms with E-state index >= 15 is 0 Å². The maximum Gasteiger partial charge on any atom is 0.327 e. The van der Waals surface area contributed by atoms with Crippen LogP contribution in [0.4, 0.5) is 0 Å². The summed E-state index contributed by atoms with van der Waals surface area (Å²) in [4.78, 5) is 16.6. The van der Waals surface area contributed by atoms with Crippen molar-refractivity contribution in [1.29, 1.82) is 0 Å². The number of nitrogens with zero attached hydrogens (tertiary/aromatic N) is 2. The number of rotatable bonds is 4. The van der Waals surface area contributed by atoms with E-state index in [1.807, 2.05) is 73.9 Å². The number of carboxylic acid groups (broad SMARTS) is 1. The highest BCUT2D eigenvalue weighted by molar-refractivity contribution is 5.84. The highest BCUT2D eigenvalue weighted by Gasteiger charge is 2.28. The van der Waals surface area contributed by atoms with Crippen LogP contribution in [0.15, 0.2) is 48.5 Å². The van der Waals surface area contributed by atoms with Crippen LogP contribution in [0.25, 0.3) is 22.4 Å². The van der Waals surface area contributed by atoms with Gasteiger partial charge in [-0.05, 0) is 31.0 Å². The second-order valence-electron chi connectivity index (χ2n) is 6.19. The normalized spacial score (nSPS) is 12.7. The van der Waals surface area contributed by atoms with Gasteiger partial charge in [-0.2, -0.15) is 0 Å². The molecule has 0 aliphatic rings. The van der Waals surface area contributed by atoms with Crippen LogP contribution >= 0.6 is 0 Å². The second-order valence-corrected chi connectivity index (χ2v) is 6.19. The maximum atomic E-state index is 11.9. The van der Waals surface area contributed by atoms with Crippen molar-refractivity contribution in [2.24, 2.45) is 5.92 Å². The van der Waals surface area contributed by atoms with E-state index < -0.39 is 12.0 Å². The van der Waals surface area contributed by atoms with E-state index in [0.717, 1.165) is 22.2 Å². The predicted octanol–water partition coefficient (Wildman–Crippen LogP) is 4.29. The fourth-order valence-corrected chi connectivity index (χ4v) is 3.01. The summed E-state index contributed by atoms with van der Waals surface area (Å²) in [6.07, 6.45) is 0. The van der Waals surface area contributed by atoms with Crippen molar-refractivity contribution in [2.75, 3.05) is 0 Å². The number of carbonyl (C=O) groups is 1. The number of hydrogen-bond donors (Lipinski definition) is 1. The summed E-state index contributed by atoms with van der Waals surface area (Å²) >= 11 is 0. The van der Waals surface area contributed by atoms with Crippen molar-refractivity contribution in [3.8, 4) is 11.4 Å². The molecule has 1 aromatic heterocycles. The molecule has 2 aromatic carbocycles. The molecule has 4 nitrogen and oxygen atoms in total. The Labute approximate surface area is 135 Å². The van der Waals surface area contributed by atoms with Gasteiger partial charge in [0.1, 0.15) is 11.9 Å². The zero-order valence-electron chi connectivity index (χ0n) is 13.5. The molecule has 3 rings (SSSR count). The van der Waals surface area contributed by atoms with Crippen LogP contribution in [-0.4, -0.2) is 20.6 Å². The molecule has 0 spiro atoms. The average Bonchev–Trinajstić information content (AvgIpc) is 2.86. The lowest BCUT2D eigenvalue weighted by Gasteiger charge is -2.21. The number of aryl methyl sites for hydroxylation is 1. The number of hydrogen-bond acceptors (Lipinski definition) is 2. The number of aliphatic carboxylic acids is 1. The van der Waals surface area contributed by atoms with Crippen LogP contribution < -0.4 is 0 Å². The number of para-hydroxylation sites is 2. The topological polar surface area (TPSA) is 55.1 Å². The van der Waals surface area contributed by atoms with Gasteiger partial charge < -0.3 is 9.67 Å². The molecule has 0 bridgehead atoms. The van der Waals surface area contributed by atoms with Gasteiger partial charge in [0.05, 0.1) is 11.0 Å². The van der Waals surface area contributed by atoms with Gasteiger partial charge in [0.2, 0.25) is 0 Å². The molecule has 0 saturated heterocycles. The van der Waals surface area contributed by atoms with Crippen molar-refractivity contribution < 1.29 is 9.90 Å². The third-order valence-electron chi connectivity index (χ3n) is 4.03. The summed E-state index contributed by atoms with van der Waals surface area (Å²) in [5.74, 6) is -0.179. The quantitative estimate of drug-likeness (QED) is 0.782. The van der Waals surface area contributed by atoms with E-state index in [-0.39, 0.29) is 5.92 Å². The molecule has 1 unspecified atom stereocenters. The van der Waals surface area contributed by atoms with Crippen LogP contribution in [0.5, 0.6) is 0 Å². The standard InChI is InChI=1S/C19H20N2O2/c1-12(2)17(19(22)23)21-16-10-5-4-9-15(16)20-18(21)14-8-6-7-13(3)11-14/h4-12,17H,1-3H3,(H,22,23). The van der Waals surface area contributed by atoms with E-state index in [0.29, 0.717) is 5.82 Å². The smallest absolute Gasteiger partial charge is 0.327 e. The fraction of sp³-hybridized carbons (Fsp3) is 0.263. The van der Waals surface area contributed by atoms with Gasteiger partial charge in [0.15, 0.2) is 0 Å². The van der Waals surface area contributed by atoms with Crippen molar-refractivity contribution in [2.45, 2.75) is 26.8 Å². The van der Waals surface area contributed by atoms with Gasteiger partial charge in [-0.25, -0.2) is 9.78 Å². The molecular formula is C19H20N2O2. The Morgan fingerprint density at radius 2 is 1.87 bits per heavy atom. The van der Waals surface area contributed by atoms with Crippen LogP contribution in [0.2, 0.25) is 0 Å². The predicted molar refractivity (Wildman–Crippen MR) is 91.4 cm³/mol. The Kier molecular flexibility index (Phi) is 3.90. The van der Waals surface area contributed by atoms with Crippen molar-refractivity contribution in [3.05, 3.63) is 54.1 Å². The molecule has 4 heteroatoms. The molecule has 118 valence electrons. The molecule has 0 aliphatic carbocycles. The molecule has 1 heterocycles. The molecule has 0 aliphatic heterocycles. The summed E-state index contributed by atoms with van der Waals surface area (Å²) < 4.78 is 1.86. The number of carboxylic acids is 1.